The van der Waals surface area contributed by atoms with Crippen LogP contribution in [0.4, 0.5) is 0 Å². The van der Waals surface area contributed by atoms with E-state index in [0.717, 1.165) is 5.69 Å². The molecule has 0 saturated heterocycles. The molecule has 0 N–H and O–H groups in total. The monoisotopic (exact) mass is 637 g/mol. The van der Waals surface area contributed by atoms with E-state index in [4.69, 9.17) is 0 Å². The molecule has 10 rings (SSSR count). The summed E-state index contributed by atoms with van der Waals surface area (Å²) in [6.07, 6.45) is 0. The van der Waals surface area contributed by atoms with Crippen LogP contribution in [-0.4, -0.2) is 4.57 Å². The summed E-state index contributed by atoms with van der Waals surface area (Å²) in [4.78, 5) is 0. The molecule has 1 aromatic heterocycles. The molecule has 1 aliphatic carbocycles. The van der Waals surface area contributed by atoms with Gasteiger partial charge < -0.3 is 4.57 Å². The van der Waals surface area contributed by atoms with E-state index in [0.29, 0.717) is 0 Å². The van der Waals surface area contributed by atoms with Gasteiger partial charge in [-0.1, -0.05) is 159 Å². The van der Waals surface area contributed by atoms with Crippen LogP contribution in [0.15, 0.2) is 176 Å². The Morgan fingerprint density at radius 1 is 0.380 bits per heavy atom. The van der Waals surface area contributed by atoms with Crippen LogP contribution >= 0.6 is 0 Å². The van der Waals surface area contributed by atoms with Gasteiger partial charge in [0.05, 0.1) is 11.0 Å². The molecule has 0 atom stereocenters. The largest absolute Gasteiger partial charge is 0.309 e. The molecule has 50 heavy (non-hydrogen) atoms. The number of hydrogen-bond acceptors (Lipinski definition) is 0. The molecule has 1 heteroatoms. The van der Waals surface area contributed by atoms with Gasteiger partial charge >= 0.3 is 0 Å². The molecule has 0 radical (unpaired) electrons. The van der Waals surface area contributed by atoms with Gasteiger partial charge in [-0.25, -0.2) is 0 Å². The third-order valence-electron chi connectivity index (χ3n) is 11.0. The van der Waals surface area contributed by atoms with Gasteiger partial charge in [-0.05, 0) is 96.7 Å². The van der Waals surface area contributed by atoms with Crippen molar-refractivity contribution < 1.29 is 0 Å². The molecule has 0 unspecified atom stereocenters. The van der Waals surface area contributed by atoms with E-state index in [1.807, 2.05) is 0 Å². The summed E-state index contributed by atoms with van der Waals surface area (Å²) in [7, 11) is 0. The minimum atomic E-state index is -0.0429. The lowest BCUT2D eigenvalue weighted by molar-refractivity contribution is 0.661. The normalized spacial score (nSPS) is 13.2. The predicted molar refractivity (Wildman–Crippen MR) is 212 cm³/mol. The van der Waals surface area contributed by atoms with Crippen LogP contribution in [0.2, 0.25) is 0 Å². The van der Waals surface area contributed by atoms with E-state index < -0.39 is 0 Å². The van der Waals surface area contributed by atoms with Crippen molar-refractivity contribution in [1.29, 1.82) is 0 Å². The van der Waals surface area contributed by atoms with Crippen LogP contribution in [0, 0.1) is 0 Å². The summed E-state index contributed by atoms with van der Waals surface area (Å²) in [5.74, 6) is 0. The fraction of sp³-hybridized carbons (Fsp3) is 0.0612. The number of aromatic nitrogens is 1. The molecule has 0 saturated carbocycles. The molecule has 0 bridgehead atoms. The SMILES string of the molecule is CC1(C)c2ccccc2-c2c1ccc1cc3c4ccccc4n(-c4cccc(-c5c(-c6ccccc6)cccc5-c5ccccc5)c4)c3cc21. The molecule has 8 aromatic carbocycles. The van der Waals surface area contributed by atoms with E-state index in [1.54, 1.807) is 0 Å². The van der Waals surface area contributed by atoms with Gasteiger partial charge in [-0.2, -0.15) is 0 Å². The molecule has 0 fully saturated rings. The highest BCUT2D eigenvalue weighted by Gasteiger charge is 2.36. The van der Waals surface area contributed by atoms with E-state index >= 15 is 0 Å². The average Bonchev–Trinajstić information content (AvgIpc) is 3.62. The Balaban J connectivity index is 1.26. The first kappa shape index (κ1) is 28.8. The number of para-hydroxylation sites is 1. The Hall–Kier alpha value is -6.18. The van der Waals surface area contributed by atoms with Crippen LogP contribution in [0.25, 0.3) is 82.8 Å². The van der Waals surface area contributed by atoms with Crippen molar-refractivity contribution in [3.8, 4) is 50.2 Å². The van der Waals surface area contributed by atoms with Crippen molar-refractivity contribution in [2.75, 3.05) is 0 Å². The Labute approximate surface area is 292 Å². The minimum absolute atomic E-state index is 0.0429. The average molecular weight is 638 g/mol. The maximum atomic E-state index is 2.48. The summed E-state index contributed by atoms with van der Waals surface area (Å²) in [5, 5.41) is 5.14. The van der Waals surface area contributed by atoms with Crippen molar-refractivity contribution in [3.05, 3.63) is 187 Å². The van der Waals surface area contributed by atoms with Gasteiger partial charge in [0.25, 0.3) is 0 Å². The summed E-state index contributed by atoms with van der Waals surface area (Å²) in [6.45, 7) is 4.73. The highest BCUT2D eigenvalue weighted by Crippen LogP contribution is 2.52. The Bertz CT molecular complexity index is 2710. The van der Waals surface area contributed by atoms with Gasteiger partial charge in [0.1, 0.15) is 0 Å². The van der Waals surface area contributed by atoms with Crippen molar-refractivity contribution in [3.63, 3.8) is 0 Å². The second kappa shape index (κ2) is 10.9. The molecule has 9 aromatic rings. The number of fused-ring (bicyclic) bond motifs is 8. The zero-order chi connectivity index (χ0) is 33.4. The predicted octanol–water partition coefficient (Wildman–Crippen LogP) is 13.2. The first-order valence-electron chi connectivity index (χ1n) is 17.5. The topological polar surface area (TPSA) is 4.93 Å². The van der Waals surface area contributed by atoms with Crippen molar-refractivity contribution >= 4 is 32.6 Å². The lowest BCUT2D eigenvalue weighted by atomic mass is 9.82. The Morgan fingerprint density at radius 2 is 1.00 bits per heavy atom. The molecule has 236 valence electrons. The second-order valence-corrected chi connectivity index (χ2v) is 14.1. The smallest absolute Gasteiger partial charge is 0.0547 e. The van der Waals surface area contributed by atoms with Gasteiger partial charge in [0.15, 0.2) is 0 Å². The molecule has 0 spiro atoms. The quantitative estimate of drug-likeness (QED) is 0.181. The van der Waals surface area contributed by atoms with Crippen LogP contribution < -0.4 is 0 Å². The zero-order valence-corrected chi connectivity index (χ0v) is 28.2. The molecule has 0 aliphatic heterocycles. The maximum absolute atomic E-state index is 2.48. The van der Waals surface area contributed by atoms with Crippen LogP contribution in [0.1, 0.15) is 25.0 Å². The van der Waals surface area contributed by atoms with Crippen molar-refractivity contribution in [2.24, 2.45) is 0 Å². The van der Waals surface area contributed by atoms with E-state index in [2.05, 4.69) is 194 Å². The van der Waals surface area contributed by atoms with Gasteiger partial charge in [-0.15, -0.1) is 0 Å². The third-order valence-corrected chi connectivity index (χ3v) is 11.0. The molecular formula is C49H35N. The Morgan fingerprint density at radius 3 is 1.76 bits per heavy atom. The first-order valence-corrected chi connectivity index (χ1v) is 17.5. The second-order valence-electron chi connectivity index (χ2n) is 14.1. The minimum Gasteiger partial charge on any atom is -0.309 e. The highest BCUT2D eigenvalue weighted by atomic mass is 15.0. The third kappa shape index (κ3) is 4.20. The number of benzene rings is 8. The van der Waals surface area contributed by atoms with E-state index in [1.165, 1.54) is 88.2 Å². The zero-order valence-electron chi connectivity index (χ0n) is 28.2. The molecule has 1 aliphatic rings. The lowest BCUT2D eigenvalue weighted by Crippen LogP contribution is -2.14. The van der Waals surface area contributed by atoms with E-state index in [9.17, 15) is 0 Å². The van der Waals surface area contributed by atoms with Crippen LogP contribution in [0.5, 0.6) is 0 Å². The number of nitrogens with zero attached hydrogens (tertiary/aromatic N) is 1. The van der Waals surface area contributed by atoms with Crippen LogP contribution in [-0.2, 0) is 5.41 Å². The molecule has 1 heterocycles. The van der Waals surface area contributed by atoms with Gasteiger partial charge in [-0.3, -0.25) is 0 Å². The highest BCUT2D eigenvalue weighted by molar-refractivity contribution is 6.16. The Kier molecular flexibility index (Phi) is 6.29. The molecule has 1 nitrogen and oxygen atoms in total. The summed E-state index contributed by atoms with van der Waals surface area (Å²) in [5.41, 5.74) is 16.4. The fourth-order valence-electron chi connectivity index (χ4n) is 8.65. The van der Waals surface area contributed by atoms with Crippen LogP contribution in [0.3, 0.4) is 0 Å². The lowest BCUT2D eigenvalue weighted by Gasteiger charge is -2.21. The molecule has 0 amide bonds. The number of rotatable bonds is 4. The first-order chi connectivity index (χ1) is 24.6. The van der Waals surface area contributed by atoms with Crippen molar-refractivity contribution in [2.45, 2.75) is 19.3 Å². The maximum Gasteiger partial charge on any atom is 0.0547 e. The molecular weight excluding hydrogens is 603 g/mol. The standard InChI is InChI=1S/C49H35N/c1-49(2)43-25-11-9-22-40(43)48-41-31-46-42(30-34(41)27-28-44(48)49)39-21-10-12-26-45(39)50(46)36-20-13-19-35(29-36)47-37(32-15-5-3-6-16-32)23-14-24-38(47)33-17-7-4-8-18-33/h3-31H,1-2H3. The summed E-state index contributed by atoms with van der Waals surface area (Å²) >= 11 is 0. The van der Waals surface area contributed by atoms with Gasteiger partial charge in [0, 0.05) is 21.9 Å². The van der Waals surface area contributed by atoms with Crippen molar-refractivity contribution in [1.82, 2.24) is 4.57 Å². The van der Waals surface area contributed by atoms with E-state index in [-0.39, 0.29) is 5.41 Å². The summed E-state index contributed by atoms with van der Waals surface area (Å²) in [6, 6.07) is 64.8. The van der Waals surface area contributed by atoms with Gasteiger partial charge in [0.2, 0.25) is 0 Å². The summed E-state index contributed by atoms with van der Waals surface area (Å²) < 4.78 is 2.48. The fourth-order valence-corrected chi connectivity index (χ4v) is 8.65. The number of hydrogen-bond donors (Lipinski definition) is 0.